The summed E-state index contributed by atoms with van der Waals surface area (Å²) in [6.07, 6.45) is 0. The summed E-state index contributed by atoms with van der Waals surface area (Å²) in [6, 6.07) is 26.5. The fraction of sp³-hybridized carbons (Fsp3) is 0.0400. The molecule has 2 heterocycles. The first-order chi connectivity index (χ1) is 15.1. The standard InChI is InChI=1S/C25H18ClN3O2/c1-31-20-13-9-16(10-14-20)21-15-22(30)29-25(27-21)23(17-5-3-2-4-6-17)24(28-29)18-7-11-19(26)12-8-18/h2-15,28H,1H3. The summed E-state index contributed by atoms with van der Waals surface area (Å²) >= 11 is 6.08. The Hall–Kier alpha value is -3.83. The van der Waals surface area contributed by atoms with Gasteiger partial charge in [0.2, 0.25) is 0 Å². The minimum absolute atomic E-state index is 0.187. The highest BCUT2D eigenvalue weighted by atomic mass is 35.5. The maximum absolute atomic E-state index is 13.0. The van der Waals surface area contributed by atoms with Crippen LogP contribution in [-0.2, 0) is 0 Å². The molecule has 0 aliphatic rings. The predicted octanol–water partition coefficient (Wildman–Crippen LogP) is 5.69. The van der Waals surface area contributed by atoms with Gasteiger partial charge in [-0.2, -0.15) is 0 Å². The molecule has 31 heavy (non-hydrogen) atoms. The first-order valence-corrected chi connectivity index (χ1v) is 10.1. The van der Waals surface area contributed by atoms with Gasteiger partial charge in [-0.15, -0.1) is 0 Å². The van der Waals surface area contributed by atoms with E-state index >= 15 is 0 Å². The molecule has 0 aliphatic carbocycles. The Kier molecular flexibility index (Phi) is 4.81. The van der Waals surface area contributed by atoms with E-state index in [2.05, 4.69) is 5.10 Å². The van der Waals surface area contributed by atoms with Gasteiger partial charge in [-0.05, 0) is 42.0 Å². The first-order valence-electron chi connectivity index (χ1n) is 9.75. The Balaban J connectivity index is 1.79. The minimum Gasteiger partial charge on any atom is -0.497 e. The second kappa shape index (κ2) is 7.78. The van der Waals surface area contributed by atoms with E-state index in [1.807, 2.05) is 78.9 Å². The van der Waals surface area contributed by atoms with Crippen molar-refractivity contribution in [1.29, 1.82) is 0 Å². The van der Waals surface area contributed by atoms with Crippen LogP contribution in [0.5, 0.6) is 5.75 Å². The Morgan fingerprint density at radius 1 is 0.871 bits per heavy atom. The zero-order valence-electron chi connectivity index (χ0n) is 16.7. The Morgan fingerprint density at radius 3 is 2.23 bits per heavy atom. The van der Waals surface area contributed by atoms with Crippen LogP contribution in [0.2, 0.25) is 5.02 Å². The molecule has 0 aliphatic heterocycles. The molecule has 3 aromatic carbocycles. The molecule has 0 saturated carbocycles. The van der Waals surface area contributed by atoms with Crippen molar-refractivity contribution in [1.82, 2.24) is 14.6 Å². The van der Waals surface area contributed by atoms with E-state index in [1.165, 1.54) is 10.6 Å². The molecule has 0 atom stereocenters. The van der Waals surface area contributed by atoms with Crippen molar-refractivity contribution >= 4 is 17.2 Å². The minimum atomic E-state index is -0.187. The van der Waals surface area contributed by atoms with Gasteiger partial charge in [0, 0.05) is 22.2 Å². The molecule has 2 aromatic heterocycles. The number of aromatic amines is 1. The van der Waals surface area contributed by atoms with Crippen molar-refractivity contribution < 1.29 is 4.74 Å². The van der Waals surface area contributed by atoms with Crippen LogP contribution in [0.3, 0.4) is 0 Å². The fourth-order valence-corrected chi connectivity index (χ4v) is 3.78. The molecule has 5 aromatic rings. The van der Waals surface area contributed by atoms with E-state index in [-0.39, 0.29) is 5.56 Å². The highest BCUT2D eigenvalue weighted by Crippen LogP contribution is 2.35. The largest absolute Gasteiger partial charge is 0.497 e. The van der Waals surface area contributed by atoms with Crippen LogP contribution in [0, 0.1) is 0 Å². The lowest BCUT2D eigenvalue weighted by Crippen LogP contribution is -2.14. The predicted molar refractivity (Wildman–Crippen MR) is 124 cm³/mol. The van der Waals surface area contributed by atoms with Gasteiger partial charge in [0.1, 0.15) is 5.75 Å². The van der Waals surface area contributed by atoms with Gasteiger partial charge in [0.05, 0.1) is 24.1 Å². The number of ether oxygens (including phenoxy) is 1. The highest BCUT2D eigenvalue weighted by Gasteiger charge is 2.19. The number of rotatable bonds is 4. The van der Waals surface area contributed by atoms with Crippen LogP contribution in [0.4, 0.5) is 0 Å². The summed E-state index contributed by atoms with van der Waals surface area (Å²) in [6.45, 7) is 0. The van der Waals surface area contributed by atoms with Gasteiger partial charge in [-0.1, -0.05) is 54.1 Å². The SMILES string of the molecule is COc1ccc(-c2cc(=O)n3[nH]c(-c4ccc(Cl)cc4)c(-c4ccccc4)c3n2)cc1. The molecule has 0 radical (unpaired) electrons. The number of hydrogen-bond donors (Lipinski definition) is 1. The van der Waals surface area contributed by atoms with E-state index in [9.17, 15) is 4.79 Å². The van der Waals surface area contributed by atoms with Crippen molar-refractivity contribution in [3.05, 3.63) is 100 Å². The van der Waals surface area contributed by atoms with Crippen LogP contribution in [0.1, 0.15) is 0 Å². The van der Waals surface area contributed by atoms with Gasteiger partial charge in [0.25, 0.3) is 5.56 Å². The second-order valence-electron chi connectivity index (χ2n) is 7.10. The average molecular weight is 428 g/mol. The Labute approximate surface area is 183 Å². The highest BCUT2D eigenvalue weighted by molar-refractivity contribution is 6.30. The summed E-state index contributed by atoms with van der Waals surface area (Å²) in [4.78, 5) is 17.9. The van der Waals surface area contributed by atoms with Crippen molar-refractivity contribution in [2.75, 3.05) is 7.11 Å². The third-order valence-corrected chi connectivity index (χ3v) is 5.45. The quantitative estimate of drug-likeness (QED) is 0.401. The number of methoxy groups -OCH3 is 1. The normalized spacial score (nSPS) is 11.0. The summed E-state index contributed by atoms with van der Waals surface area (Å²) in [7, 11) is 1.62. The molecule has 152 valence electrons. The van der Waals surface area contributed by atoms with Crippen molar-refractivity contribution in [3.63, 3.8) is 0 Å². The number of H-pyrrole nitrogens is 1. The smallest absolute Gasteiger partial charge is 0.273 e. The molecular weight excluding hydrogens is 410 g/mol. The molecule has 0 spiro atoms. The first kappa shape index (κ1) is 19.2. The van der Waals surface area contributed by atoms with E-state index in [4.69, 9.17) is 21.3 Å². The number of nitrogens with one attached hydrogen (secondary N) is 1. The lowest BCUT2D eigenvalue weighted by molar-refractivity contribution is 0.415. The van der Waals surface area contributed by atoms with E-state index in [0.717, 1.165) is 33.7 Å². The number of hydrogen-bond acceptors (Lipinski definition) is 3. The maximum atomic E-state index is 13.0. The Bertz CT molecular complexity index is 1420. The molecule has 6 heteroatoms. The zero-order valence-corrected chi connectivity index (χ0v) is 17.4. The third kappa shape index (κ3) is 3.49. The van der Waals surface area contributed by atoms with Gasteiger partial charge >= 0.3 is 0 Å². The topological polar surface area (TPSA) is 59.4 Å². The summed E-state index contributed by atoms with van der Waals surface area (Å²) in [5.41, 5.74) is 5.36. The number of halogens is 1. The molecule has 5 nitrogen and oxygen atoms in total. The zero-order chi connectivity index (χ0) is 21.4. The van der Waals surface area contributed by atoms with E-state index in [1.54, 1.807) is 7.11 Å². The van der Waals surface area contributed by atoms with Crippen LogP contribution in [0.15, 0.2) is 89.7 Å². The summed E-state index contributed by atoms with van der Waals surface area (Å²) in [5, 5.41) is 3.89. The number of nitrogens with zero attached hydrogens (tertiary/aromatic N) is 2. The van der Waals surface area contributed by atoms with E-state index in [0.29, 0.717) is 16.4 Å². The maximum Gasteiger partial charge on any atom is 0.273 e. The van der Waals surface area contributed by atoms with E-state index < -0.39 is 0 Å². The van der Waals surface area contributed by atoms with Crippen molar-refractivity contribution in [3.8, 4) is 39.4 Å². The molecule has 0 unspecified atom stereocenters. The molecule has 0 amide bonds. The third-order valence-electron chi connectivity index (χ3n) is 5.20. The molecule has 1 N–H and O–H groups in total. The molecule has 5 rings (SSSR count). The van der Waals surface area contributed by atoms with Gasteiger partial charge < -0.3 is 4.74 Å². The summed E-state index contributed by atoms with van der Waals surface area (Å²) < 4.78 is 6.72. The van der Waals surface area contributed by atoms with Gasteiger partial charge in [0.15, 0.2) is 5.65 Å². The molecule has 0 saturated heterocycles. The molecular formula is C25H18ClN3O2. The number of fused-ring (bicyclic) bond motifs is 1. The van der Waals surface area contributed by atoms with Crippen LogP contribution in [-0.4, -0.2) is 21.7 Å². The molecule has 0 bridgehead atoms. The summed E-state index contributed by atoms with van der Waals surface area (Å²) in [5.74, 6) is 0.748. The van der Waals surface area contributed by atoms with Crippen LogP contribution >= 0.6 is 11.6 Å². The molecule has 0 fully saturated rings. The van der Waals surface area contributed by atoms with Crippen LogP contribution < -0.4 is 10.3 Å². The number of benzene rings is 3. The fourth-order valence-electron chi connectivity index (χ4n) is 3.65. The number of aromatic nitrogens is 3. The average Bonchev–Trinajstić information content (AvgIpc) is 3.20. The van der Waals surface area contributed by atoms with Gasteiger partial charge in [-0.25, -0.2) is 9.50 Å². The lowest BCUT2D eigenvalue weighted by atomic mass is 10.0. The van der Waals surface area contributed by atoms with Crippen molar-refractivity contribution in [2.45, 2.75) is 0 Å². The lowest BCUT2D eigenvalue weighted by Gasteiger charge is -2.06. The second-order valence-corrected chi connectivity index (χ2v) is 7.54. The monoisotopic (exact) mass is 427 g/mol. The van der Waals surface area contributed by atoms with Crippen molar-refractivity contribution in [2.24, 2.45) is 0 Å². The van der Waals surface area contributed by atoms with Crippen LogP contribution in [0.25, 0.3) is 39.3 Å². The Morgan fingerprint density at radius 2 is 1.55 bits per heavy atom. The van der Waals surface area contributed by atoms with Gasteiger partial charge in [-0.3, -0.25) is 9.89 Å².